The van der Waals surface area contributed by atoms with Crippen LogP contribution in [-0.4, -0.2) is 72.6 Å². The fourth-order valence-electron chi connectivity index (χ4n) is 5.07. The summed E-state index contributed by atoms with van der Waals surface area (Å²) in [6, 6.07) is 12.6. The highest BCUT2D eigenvalue weighted by Crippen LogP contribution is 2.40. The number of nitrogens with zero attached hydrogens (tertiary/aromatic N) is 2. The van der Waals surface area contributed by atoms with E-state index in [0.717, 1.165) is 37.2 Å². The molecule has 4 rings (SSSR count). The van der Waals surface area contributed by atoms with Gasteiger partial charge in [0, 0.05) is 31.7 Å². The molecule has 2 aromatic rings. The summed E-state index contributed by atoms with van der Waals surface area (Å²) in [5.41, 5.74) is 3.39. The second-order valence-corrected chi connectivity index (χ2v) is 10.2. The molecule has 2 aliphatic heterocycles. The Balaban J connectivity index is 1.68. The van der Waals surface area contributed by atoms with Gasteiger partial charge in [0.1, 0.15) is 18.1 Å². The molecule has 1 N–H and O–H groups in total. The number of morpholine rings is 1. The minimum atomic E-state index is -0.656. The van der Waals surface area contributed by atoms with Gasteiger partial charge in [0.2, 0.25) is 0 Å². The fraction of sp³-hybridized carbons (Fsp3) is 0.419. The summed E-state index contributed by atoms with van der Waals surface area (Å²) < 4.78 is 11.1. The van der Waals surface area contributed by atoms with Crippen molar-refractivity contribution < 1.29 is 24.2 Å². The van der Waals surface area contributed by atoms with Gasteiger partial charge < -0.3 is 19.5 Å². The average Bonchev–Trinajstić information content (AvgIpc) is 3.17. The van der Waals surface area contributed by atoms with Crippen molar-refractivity contribution in [2.75, 3.05) is 46.0 Å². The molecule has 0 radical (unpaired) electrons. The minimum Gasteiger partial charge on any atom is -0.507 e. The molecule has 1 atom stereocenters. The third kappa shape index (κ3) is 6.00. The molecule has 2 fully saturated rings. The Kier molecular flexibility index (Phi) is 9.02. The van der Waals surface area contributed by atoms with Crippen molar-refractivity contribution in [3.05, 3.63) is 82.9 Å². The van der Waals surface area contributed by atoms with E-state index in [2.05, 4.69) is 25.3 Å². The summed E-state index contributed by atoms with van der Waals surface area (Å²) in [4.78, 5) is 30.6. The van der Waals surface area contributed by atoms with E-state index in [1.165, 1.54) is 5.56 Å². The second kappa shape index (κ2) is 12.4. The molecule has 7 nitrogen and oxygen atoms in total. The lowest BCUT2D eigenvalue weighted by atomic mass is 9.93. The number of carbonyl (C=O) groups excluding carboxylic acids is 2. The van der Waals surface area contributed by atoms with Crippen LogP contribution in [0, 0.1) is 6.92 Å². The first-order valence-corrected chi connectivity index (χ1v) is 13.3. The van der Waals surface area contributed by atoms with E-state index < -0.39 is 17.7 Å². The van der Waals surface area contributed by atoms with E-state index in [1.807, 2.05) is 31.2 Å². The van der Waals surface area contributed by atoms with Crippen LogP contribution < -0.4 is 4.74 Å². The Morgan fingerprint density at radius 1 is 1.13 bits per heavy atom. The summed E-state index contributed by atoms with van der Waals surface area (Å²) in [5.74, 6) is -0.375. The van der Waals surface area contributed by atoms with Gasteiger partial charge in [-0.3, -0.25) is 14.5 Å². The maximum atomic E-state index is 13.4. The predicted octanol–water partition coefficient (Wildman–Crippen LogP) is 4.83. The summed E-state index contributed by atoms with van der Waals surface area (Å²) >= 11 is 0. The first-order valence-electron chi connectivity index (χ1n) is 13.3. The monoisotopic (exact) mass is 518 g/mol. The normalized spacial score (nSPS) is 19.8. The third-order valence-corrected chi connectivity index (χ3v) is 7.24. The number of aliphatic hydroxyl groups excluding tert-OH is 1. The fourth-order valence-corrected chi connectivity index (χ4v) is 5.07. The van der Waals surface area contributed by atoms with Crippen molar-refractivity contribution in [1.82, 2.24) is 9.80 Å². The number of likely N-dealkylation sites (tertiary alicyclic amines) is 1. The van der Waals surface area contributed by atoms with Gasteiger partial charge >= 0.3 is 0 Å². The smallest absolute Gasteiger partial charge is 0.295 e. The Morgan fingerprint density at radius 2 is 1.84 bits per heavy atom. The van der Waals surface area contributed by atoms with Crippen molar-refractivity contribution in [1.29, 1.82) is 0 Å². The number of carbonyl (C=O) groups is 2. The van der Waals surface area contributed by atoms with E-state index in [-0.39, 0.29) is 11.3 Å². The Hall–Kier alpha value is -3.42. The van der Waals surface area contributed by atoms with Gasteiger partial charge in [0.25, 0.3) is 11.7 Å². The summed E-state index contributed by atoms with van der Waals surface area (Å²) in [6.45, 7) is 14.6. The number of amides is 1. The number of aryl methyl sites for hydroxylation is 1. The standard InChI is InChI=1S/C31H38N2O5/c1-5-17-38-26-12-11-25(20-22(26)4)29(34)27-28(24-9-7-23(8-10-24)21(2)3)33(31(36)30(27)35)14-6-13-32-15-18-37-19-16-32/h5,7-12,20-21,28,34H,1,6,13-19H2,2-4H3/t28-/m0/s1. The molecule has 0 saturated carbocycles. The van der Waals surface area contributed by atoms with Crippen LogP contribution in [0.2, 0.25) is 0 Å². The molecule has 0 aliphatic carbocycles. The number of ether oxygens (including phenoxy) is 2. The number of Topliss-reactive ketones (excluding diaryl/α,β-unsaturated/α-hetero) is 1. The van der Waals surface area contributed by atoms with Gasteiger partial charge in [-0.2, -0.15) is 0 Å². The Labute approximate surface area is 225 Å². The molecule has 2 aromatic carbocycles. The van der Waals surface area contributed by atoms with Gasteiger partial charge in [-0.05, 0) is 54.2 Å². The van der Waals surface area contributed by atoms with Gasteiger partial charge in [-0.1, -0.05) is 50.8 Å². The molecule has 2 saturated heterocycles. The van der Waals surface area contributed by atoms with Crippen molar-refractivity contribution in [2.45, 2.75) is 39.2 Å². The van der Waals surface area contributed by atoms with Crippen LogP contribution in [0.15, 0.2) is 60.7 Å². The number of ketones is 1. The number of aliphatic hydroxyl groups is 1. The highest BCUT2D eigenvalue weighted by molar-refractivity contribution is 6.46. The molecule has 2 aliphatic rings. The second-order valence-electron chi connectivity index (χ2n) is 10.2. The first kappa shape index (κ1) is 27.6. The van der Waals surface area contributed by atoms with Crippen LogP contribution >= 0.6 is 0 Å². The zero-order chi connectivity index (χ0) is 27.2. The number of hydrogen-bond acceptors (Lipinski definition) is 6. The lowest BCUT2D eigenvalue weighted by molar-refractivity contribution is -0.140. The Bertz CT molecular complexity index is 1200. The molecule has 0 unspecified atom stereocenters. The molecule has 1 amide bonds. The maximum absolute atomic E-state index is 13.4. The highest BCUT2D eigenvalue weighted by Gasteiger charge is 2.45. The molecule has 0 aromatic heterocycles. The number of benzene rings is 2. The molecular weight excluding hydrogens is 480 g/mol. The van der Waals surface area contributed by atoms with Gasteiger partial charge in [-0.25, -0.2) is 0 Å². The number of hydrogen-bond donors (Lipinski definition) is 1. The molecule has 38 heavy (non-hydrogen) atoms. The summed E-state index contributed by atoms with van der Waals surface area (Å²) in [7, 11) is 0. The van der Waals surface area contributed by atoms with Gasteiger partial charge in [0.05, 0.1) is 24.8 Å². The van der Waals surface area contributed by atoms with E-state index in [0.29, 0.717) is 43.6 Å². The molecule has 0 spiro atoms. The lowest BCUT2D eigenvalue weighted by Gasteiger charge is -2.29. The van der Waals surface area contributed by atoms with E-state index >= 15 is 0 Å². The molecule has 202 valence electrons. The molecule has 0 bridgehead atoms. The maximum Gasteiger partial charge on any atom is 0.295 e. The van der Waals surface area contributed by atoms with Crippen molar-refractivity contribution in [3.63, 3.8) is 0 Å². The molecule has 7 heteroatoms. The summed E-state index contributed by atoms with van der Waals surface area (Å²) in [5, 5.41) is 11.4. The van der Waals surface area contributed by atoms with Gasteiger partial charge in [0.15, 0.2) is 0 Å². The topological polar surface area (TPSA) is 79.3 Å². The van der Waals surface area contributed by atoms with Crippen LogP contribution in [0.3, 0.4) is 0 Å². The zero-order valence-electron chi connectivity index (χ0n) is 22.6. The van der Waals surface area contributed by atoms with Gasteiger partial charge in [-0.15, -0.1) is 0 Å². The van der Waals surface area contributed by atoms with Crippen LogP contribution in [0.25, 0.3) is 5.76 Å². The van der Waals surface area contributed by atoms with Crippen molar-refractivity contribution in [3.8, 4) is 5.75 Å². The van der Waals surface area contributed by atoms with E-state index in [4.69, 9.17) is 9.47 Å². The van der Waals surface area contributed by atoms with Crippen molar-refractivity contribution in [2.24, 2.45) is 0 Å². The quantitative estimate of drug-likeness (QED) is 0.210. The van der Waals surface area contributed by atoms with E-state index in [1.54, 1.807) is 29.2 Å². The lowest BCUT2D eigenvalue weighted by Crippen LogP contribution is -2.38. The van der Waals surface area contributed by atoms with Crippen LogP contribution in [0.4, 0.5) is 0 Å². The first-order chi connectivity index (χ1) is 18.3. The van der Waals surface area contributed by atoms with Crippen LogP contribution in [0.1, 0.15) is 54.5 Å². The Morgan fingerprint density at radius 3 is 2.47 bits per heavy atom. The SMILES string of the molecule is C=CCOc1ccc(C(O)=C2C(=O)C(=O)N(CCCN3CCOCC3)[C@H]2c2ccc(C(C)C)cc2)cc1C. The van der Waals surface area contributed by atoms with E-state index in [9.17, 15) is 14.7 Å². The summed E-state index contributed by atoms with van der Waals surface area (Å²) in [6.07, 6.45) is 2.39. The van der Waals surface area contributed by atoms with Crippen LogP contribution in [-0.2, 0) is 14.3 Å². The van der Waals surface area contributed by atoms with Crippen molar-refractivity contribution >= 4 is 17.4 Å². The largest absolute Gasteiger partial charge is 0.507 e. The highest BCUT2D eigenvalue weighted by atomic mass is 16.5. The molecule has 2 heterocycles. The zero-order valence-corrected chi connectivity index (χ0v) is 22.6. The average molecular weight is 519 g/mol. The number of rotatable bonds is 10. The predicted molar refractivity (Wildman–Crippen MR) is 148 cm³/mol. The van der Waals surface area contributed by atoms with Crippen LogP contribution in [0.5, 0.6) is 5.75 Å². The third-order valence-electron chi connectivity index (χ3n) is 7.24. The molecular formula is C31H38N2O5. The minimum absolute atomic E-state index is 0.123.